The minimum Gasteiger partial charge on any atom is -0.314 e. The highest BCUT2D eigenvalue weighted by Gasteiger charge is 2.21. The van der Waals surface area contributed by atoms with Gasteiger partial charge in [0.1, 0.15) is 0 Å². The lowest BCUT2D eigenvalue weighted by atomic mass is 10.0. The van der Waals surface area contributed by atoms with Gasteiger partial charge in [0.15, 0.2) is 0 Å². The summed E-state index contributed by atoms with van der Waals surface area (Å²) in [5.41, 5.74) is 0. The number of rotatable bonds is 6. The molecule has 2 rings (SSSR count). The van der Waals surface area contributed by atoms with Gasteiger partial charge in [-0.05, 0) is 59.1 Å². The molecule has 1 atom stereocenters. The van der Waals surface area contributed by atoms with E-state index in [4.69, 9.17) is 0 Å². The van der Waals surface area contributed by atoms with Crippen LogP contribution >= 0.6 is 27.3 Å². The summed E-state index contributed by atoms with van der Waals surface area (Å²) in [6, 6.07) is 2.99. The smallest absolute Gasteiger partial charge is 0.0314 e. The quantitative estimate of drug-likeness (QED) is 0.839. The van der Waals surface area contributed by atoms with Gasteiger partial charge in [-0.1, -0.05) is 13.3 Å². The Balaban J connectivity index is 1.81. The van der Waals surface area contributed by atoms with Gasteiger partial charge < -0.3 is 5.32 Å². The van der Waals surface area contributed by atoms with Crippen molar-refractivity contribution in [2.24, 2.45) is 5.92 Å². The molecule has 1 aromatic heterocycles. The molecule has 3 heteroatoms. The minimum atomic E-state index is 0.792. The van der Waals surface area contributed by atoms with Crippen LogP contribution in [0.3, 0.4) is 0 Å². The second kappa shape index (κ2) is 5.46. The maximum absolute atomic E-state index is 3.63. The summed E-state index contributed by atoms with van der Waals surface area (Å²) in [6.45, 7) is 3.48. The molecule has 15 heavy (non-hydrogen) atoms. The average molecular weight is 288 g/mol. The van der Waals surface area contributed by atoms with Crippen molar-refractivity contribution in [1.29, 1.82) is 0 Å². The summed E-state index contributed by atoms with van der Waals surface area (Å²) < 4.78 is 1.29. The summed E-state index contributed by atoms with van der Waals surface area (Å²) in [7, 11) is 0. The van der Waals surface area contributed by atoms with Crippen LogP contribution in [0.1, 0.15) is 31.1 Å². The van der Waals surface area contributed by atoms with Crippen LogP contribution in [0.25, 0.3) is 0 Å². The SMILES string of the molecule is CCC(CNC1CC1)Cc1sccc1Br. The van der Waals surface area contributed by atoms with Gasteiger partial charge in [-0.15, -0.1) is 11.3 Å². The molecule has 1 aromatic rings. The van der Waals surface area contributed by atoms with Gasteiger partial charge in [-0.2, -0.15) is 0 Å². The molecular formula is C12H18BrNS. The largest absolute Gasteiger partial charge is 0.314 e. The monoisotopic (exact) mass is 287 g/mol. The molecule has 0 aliphatic heterocycles. The molecule has 1 N–H and O–H groups in total. The van der Waals surface area contributed by atoms with E-state index < -0.39 is 0 Å². The first-order valence-electron chi connectivity index (χ1n) is 5.74. The molecule has 1 fully saturated rings. The van der Waals surface area contributed by atoms with Crippen molar-refractivity contribution < 1.29 is 0 Å². The van der Waals surface area contributed by atoms with Crippen LogP contribution in [0.15, 0.2) is 15.9 Å². The van der Waals surface area contributed by atoms with E-state index in [-0.39, 0.29) is 0 Å². The highest BCUT2D eigenvalue weighted by atomic mass is 79.9. The Morgan fingerprint density at radius 2 is 2.40 bits per heavy atom. The Hall–Kier alpha value is 0.140. The highest BCUT2D eigenvalue weighted by molar-refractivity contribution is 9.10. The van der Waals surface area contributed by atoms with E-state index in [2.05, 4.69) is 39.6 Å². The van der Waals surface area contributed by atoms with E-state index in [0.717, 1.165) is 12.0 Å². The maximum atomic E-state index is 3.63. The first kappa shape index (κ1) is 11.6. The zero-order valence-corrected chi connectivity index (χ0v) is 11.5. The van der Waals surface area contributed by atoms with E-state index in [1.165, 1.54) is 41.6 Å². The predicted octanol–water partition coefficient (Wildman–Crippen LogP) is 3.83. The van der Waals surface area contributed by atoms with Crippen molar-refractivity contribution in [1.82, 2.24) is 5.32 Å². The number of hydrogen-bond donors (Lipinski definition) is 1. The van der Waals surface area contributed by atoms with Crippen LogP contribution in [0.5, 0.6) is 0 Å². The van der Waals surface area contributed by atoms with Crippen molar-refractivity contribution >= 4 is 27.3 Å². The predicted molar refractivity (Wildman–Crippen MR) is 70.5 cm³/mol. The standard InChI is InChI=1S/C12H18BrNS/c1-2-9(8-14-10-3-4-10)7-12-11(13)5-6-15-12/h5-6,9-10,14H,2-4,7-8H2,1H3. The van der Waals surface area contributed by atoms with Gasteiger partial charge in [0.05, 0.1) is 0 Å². The summed E-state index contributed by atoms with van der Waals surface area (Å²) in [4.78, 5) is 1.50. The number of thiophene rings is 1. The Bertz CT molecular complexity index is 306. The molecule has 84 valence electrons. The van der Waals surface area contributed by atoms with E-state index >= 15 is 0 Å². The third-order valence-electron chi connectivity index (χ3n) is 3.02. The topological polar surface area (TPSA) is 12.0 Å². The Morgan fingerprint density at radius 1 is 1.60 bits per heavy atom. The summed E-state index contributed by atoms with van der Waals surface area (Å²) >= 11 is 5.47. The molecule has 1 aliphatic carbocycles. The zero-order valence-electron chi connectivity index (χ0n) is 9.13. The summed E-state index contributed by atoms with van der Waals surface area (Å²) in [6.07, 6.45) is 5.26. The molecule has 0 spiro atoms. The van der Waals surface area contributed by atoms with Crippen molar-refractivity contribution in [2.45, 2.75) is 38.6 Å². The third kappa shape index (κ3) is 3.58. The second-order valence-electron chi connectivity index (χ2n) is 4.35. The molecule has 0 amide bonds. The van der Waals surface area contributed by atoms with Crippen LogP contribution in [0, 0.1) is 5.92 Å². The fraction of sp³-hybridized carbons (Fsp3) is 0.667. The van der Waals surface area contributed by atoms with Crippen molar-refractivity contribution in [3.8, 4) is 0 Å². The summed E-state index contributed by atoms with van der Waals surface area (Å²) in [5, 5.41) is 5.80. The van der Waals surface area contributed by atoms with Gasteiger partial charge in [-0.3, -0.25) is 0 Å². The molecular weight excluding hydrogens is 270 g/mol. The fourth-order valence-corrected chi connectivity index (χ4v) is 3.34. The van der Waals surface area contributed by atoms with Crippen LogP contribution < -0.4 is 5.32 Å². The van der Waals surface area contributed by atoms with Crippen LogP contribution in [-0.4, -0.2) is 12.6 Å². The fourth-order valence-electron chi connectivity index (χ4n) is 1.71. The van der Waals surface area contributed by atoms with Gasteiger partial charge in [0.2, 0.25) is 0 Å². The lowest BCUT2D eigenvalue weighted by molar-refractivity contribution is 0.461. The molecule has 1 heterocycles. The van der Waals surface area contributed by atoms with Crippen LogP contribution in [0.2, 0.25) is 0 Å². The van der Waals surface area contributed by atoms with E-state index in [1.54, 1.807) is 0 Å². The lowest BCUT2D eigenvalue weighted by Gasteiger charge is -2.14. The van der Waals surface area contributed by atoms with Gasteiger partial charge in [0, 0.05) is 15.4 Å². The average Bonchev–Trinajstić information content (AvgIpc) is 2.98. The molecule has 1 unspecified atom stereocenters. The third-order valence-corrected chi connectivity index (χ3v) is 4.96. The molecule has 0 radical (unpaired) electrons. The Morgan fingerprint density at radius 3 is 2.93 bits per heavy atom. The van der Waals surface area contributed by atoms with Crippen molar-refractivity contribution in [2.75, 3.05) is 6.54 Å². The number of nitrogens with one attached hydrogen (secondary N) is 1. The Kier molecular flexibility index (Phi) is 4.23. The zero-order chi connectivity index (χ0) is 10.7. The van der Waals surface area contributed by atoms with E-state index in [1.807, 2.05) is 11.3 Å². The molecule has 0 bridgehead atoms. The lowest BCUT2D eigenvalue weighted by Crippen LogP contribution is -2.25. The molecule has 0 saturated heterocycles. The number of hydrogen-bond acceptors (Lipinski definition) is 2. The summed E-state index contributed by atoms with van der Waals surface area (Å²) in [5.74, 6) is 0.792. The molecule has 1 aliphatic rings. The van der Waals surface area contributed by atoms with Crippen molar-refractivity contribution in [3.05, 3.63) is 20.8 Å². The first-order valence-corrected chi connectivity index (χ1v) is 7.42. The van der Waals surface area contributed by atoms with Crippen LogP contribution in [0.4, 0.5) is 0 Å². The molecule has 1 saturated carbocycles. The highest BCUT2D eigenvalue weighted by Crippen LogP contribution is 2.27. The van der Waals surface area contributed by atoms with Gasteiger partial charge in [-0.25, -0.2) is 0 Å². The van der Waals surface area contributed by atoms with E-state index in [9.17, 15) is 0 Å². The van der Waals surface area contributed by atoms with E-state index in [0.29, 0.717) is 0 Å². The maximum Gasteiger partial charge on any atom is 0.0314 e. The number of halogens is 1. The van der Waals surface area contributed by atoms with Crippen molar-refractivity contribution in [3.63, 3.8) is 0 Å². The van der Waals surface area contributed by atoms with Crippen LogP contribution in [-0.2, 0) is 6.42 Å². The van der Waals surface area contributed by atoms with Gasteiger partial charge >= 0.3 is 0 Å². The van der Waals surface area contributed by atoms with Gasteiger partial charge in [0.25, 0.3) is 0 Å². The Labute approximate surface area is 104 Å². The normalized spacial score (nSPS) is 18.0. The molecule has 1 nitrogen and oxygen atoms in total. The first-order chi connectivity index (χ1) is 7.29. The molecule has 0 aromatic carbocycles. The second-order valence-corrected chi connectivity index (χ2v) is 6.21. The minimum absolute atomic E-state index is 0.792.